The molecule has 2 heterocycles. The first-order chi connectivity index (χ1) is 11.5. The van der Waals surface area contributed by atoms with Gasteiger partial charge < -0.3 is 32.9 Å². The zero-order valence-electron chi connectivity index (χ0n) is 16.0. The summed E-state index contributed by atoms with van der Waals surface area (Å²) in [5.41, 5.74) is 0.658. The molecule has 0 bridgehead atoms. The monoisotopic (exact) mass is 486 g/mol. The van der Waals surface area contributed by atoms with E-state index in [-0.39, 0.29) is 0 Å². The maximum absolute atomic E-state index is 6.34. The predicted molar refractivity (Wildman–Crippen MR) is 106 cm³/mol. The first-order valence-corrected chi connectivity index (χ1v) is 23.9. The molecule has 2 aliphatic rings. The number of hydrogen-bond acceptors (Lipinski definition) is 8. The Labute approximate surface area is 163 Å². The third-order valence-corrected chi connectivity index (χ3v) is 29.1. The molecular formula is C9H26O8Si8. The van der Waals surface area contributed by atoms with E-state index >= 15 is 0 Å². The van der Waals surface area contributed by atoms with Crippen LogP contribution in [-0.4, -0.2) is 72.8 Å². The lowest BCUT2D eigenvalue weighted by Gasteiger charge is -2.41. The lowest BCUT2D eigenvalue weighted by molar-refractivity contribution is 0.262. The van der Waals surface area contributed by atoms with Crippen LogP contribution in [0.3, 0.4) is 0 Å². The molecule has 0 saturated carbocycles. The van der Waals surface area contributed by atoms with E-state index in [9.17, 15) is 0 Å². The zero-order chi connectivity index (χ0) is 18.8. The minimum absolute atomic E-state index is 0.658. The van der Waals surface area contributed by atoms with Crippen LogP contribution < -0.4 is 0 Å². The Morgan fingerprint density at radius 3 is 0.960 bits per heavy atom. The summed E-state index contributed by atoms with van der Waals surface area (Å²) < 4.78 is 49.0. The fourth-order valence-corrected chi connectivity index (χ4v) is 31.9. The number of rotatable bonds is 2. The second-order valence-corrected chi connectivity index (χ2v) is 24.6. The maximum Gasteiger partial charge on any atom is 0.362 e. The van der Waals surface area contributed by atoms with Crippen molar-refractivity contribution in [1.82, 2.24) is 0 Å². The van der Waals surface area contributed by atoms with Gasteiger partial charge >= 0.3 is 72.8 Å². The summed E-state index contributed by atoms with van der Waals surface area (Å²) in [5.74, 6) is 0. The zero-order valence-corrected chi connectivity index (χ0v) is 24.0. The third kappa shape index (κ3) is 7.39. The molecule has 0 unspecified atom stereocenters. The molecule has 0 aromatic heterocycles. The summed E-state index contributed by atoms with van der Waals surface area (Å²) in [7, 11) is -13.3. The van der Waals surface area contributed by atoms with Crippen LogP contribution in [0.25, 0.3) is 0 Å². The maximum atomic E-state index is 6.34. The largest absolute Gasteiger partial charge is 0.415 e. The molecule has 0 aromatic carbocycles. The molecule has 0 atom stereocenters. The van der Waals surface area contributed by atoms with Gasteiger partial charge in [-0.1, -0.05) is 0 Å². The summed E-state index contributed by atoms with van der Waals surface area (Å²) >= 11 is 0. The summed E-state index contributed by atoms with van der Waals surface area (Å²) in [6.07, 6.45) is 0. The van der Waals surface area contributed by atoms with Crippen molar-refractivity contribution in [2.75, 3.05) is 0 Å². The van der Waals surface area contributed by atoms with Crippen molar-refractivity contribution < 1.29 is 32.9 Å². The topological polar surface area (TPSA) is 73.8 Å². The molecule has 2 fully saturated rings. The number of hydrogen-bond donors (Lipinski definition) is 0. The quantitative estimate of drug-likeness (QED) is 0.544. The minimum atomic E-state index is -2.55. The van der Waals surface area contributed by atoms with E-state index in [0.29, 0.717) is 5.67 Å². The highest BCUT2D eigenvalue weighted by atomic mass is 28.5. The molecule has 6 radical (unpaired) electrons. The van der Waals surface area contributed by atoms with Crippen molar-refractivity contribution in [2.24, 2.45) is 0 Å². The summed E-state index contributed by atoms with van der Waals surface area (Å²) in [6, 6.07) is 0. The van der Waals surface area contributed by atoms with Crippen LogP contribution in [0.4, 0.5) is 0 Å². The average Bonchev–Trinajstić information content (AvgIpc) is 2.31. The van der Waals surface area contributed by atoms with Crippen molar-refractivity contribution in [1.29, 1.82) is 0 Å². The van der Waals surface area contributed by atoms with E-state index < -0.39 is 72.8 Å². The lowest BCUT2D eigenvalue weighted by atomic mass is 11.8. The molecule has 8 nitrogen and oxygen atoms in total. The fraction of sp³-hybridized carbons (Fsp3) is 1.00. The highest BCUT2D eigenvalue weighted by molar-refractivity contribution is 6.93. The Hall–Kier alpha value is 1.42. The summed E-state index contributed by atoms with van der Waals surface area (Å²) in [6.45, 7) is 16.1. The van der Waals surface area contributed by atoms with Crippen LogP contribution >= 0.6 is 0 Å². The Bertz CT molecular complexity index is 382. The van der Waals surface area contributed by atoms with E-state index in [0.717, 1.165) is 0 Å². The van der Waals surface area contributed by atoms with Gasteiger partial charge in [-0.25, -0.2) is 0 Å². The Balaban J connectivity index is 2.14. The van der Waals surface area contributed by atoms with Crippen molar-refractivity contribution in [3.05, 3.63) is 0 Å². The Morgan fingerprint density at radius 1 is 0.480 bits per heavy atom. The lowest BCUT2D eigenvalue weighted by Crippen LogP contribution is -2.61. The first-order valence-electron chi connectivity index (χ1n) is 7.97. The van der Waals surface area contributed by atoms with E-state index in [2.05, 4.69) is 13.1 Å². The molecule has 0 aliphatic carbocycles. The van der Waals surface area contributed by atoms with Gasteiger partial charge in [0.15, 0.2) is 0 Å². The molecule has 0 amide bonds. The van der Waals surface area contributed by atoms with Crippen LogP contribution in [0.2, 0.25) is 58.0 Å². The van der Waals surface area contributed by atoms with Crippen molar-refractivity contribution in [2.45, 2.75) is 58.0 Å². The third-order valence-electron chi connectivity index (χ3n) is 3.23. The van der Waals surface area contributed by atoms with Gasteiger partial charge in [0.05, 0.1) is 0 Å². The van der Waals surface area contributed by atoms with Gasteiger partial charge in [0.1, 0.15) is 0 Å². The van der Waals surface area contributed by atoms with E-state index in [4.69, 9.17) is 32.9 Å². The average molecular weight is 487 g/mol. The predicted octanol–water partition coefficient (Wildman–Crippen LogP) is 1.54. The normalized spacial score (nSPS) is 29.8. The van der Waals surface area contributed by atoms with Crippen LogP contribution in [0.5, 0.6) is 0 Å². The van der Waals surface area contributed by atoms with E-state index in [1.54, 1.807) is 0 Å². The molecule has 2 rings (SSSR count). The van der Waals surface area contributed by atoms with Crippen molar-refractivity contribution in [3.63, 3.8) is 0 Å². The first kappa shape index (κ1) is 22.7. The molecule has 142 valence electrons. The van der Waals surface area contributed by atoms with Crippen LogP contribution in [-0.2, 0) is 32.9 Å². The van der Waals surface area contributed by atoms with Crippen molar-refractivity contribution in [3.8, 4) is 0 Å². The van der Waals surface area contributed by atoms with Crippen LogP contribution in [0.1, 0.15) is 0 Å². The van der Waals surface area contributed by atoms with Gasteiger partial charge in [0, 0.05) is 5.67 Å². The summed E-state index contributed by atoms with van der Waals surface area (Å²) in [4.78, 5) is 0. The Morgan fingerprint density at radius 2 is 0.720 bits per heavy atom. The van der Waals surface area contributed by atoms with E-state index in [1.807, 2.05) is 39.3 Å². The van der Waals surface area contributed by atoms with Crippen LogP contribution in [0, 0.1) is 0 Å². The smallest absolute Gasteiger partial charge is 0.362 e. The molecule has 25 heavy (non-hydrogen) atoms. The van der Waals surface area contributed by atoms with Gasteiger partial charge in [-0.05, 0) is 52.4 Å². The molecule has 0 N–H and O–H groups in total. The SMILES string of the molecule is C[Si]1O[Si](C)O[Si](C)(C[Si]2(C)O[Si](C)O[Si](C)O[Si](C)O2)O[Si](C)O1. The highest BCUT2D eigenvalue weighted by Gasteiger charge is 2.51. The molecule has 0 aromatic rings. The van der Waals surface area contributed by atoms with Gasteiger partial charge in [-0.3, -0.25) is 0 Å². The standard InChI is InChI=1S/C9H26O8Si8/c1-18-10-20(3)14-24(7,15-21(4)11-18)9-25(8)16-22(5)12-19(2)13-23(6)17-25/h9H2,1-8H3. The van der Waals surface area contributed by atoms with Gasteiger partial charge in [-0.15, -0.1) is 0 Å². The second kappa shape index (κ2) is 9.28. The van der Waals surface area contributed by atoms with Gasteiger partial charge in [0.25, 0.3) is 0 Å². The van der Waals surface area contributed by atoms with Crippen molar-refractivity contribution >= 4 is 72.8 Å². The second-order valence-electron chi connectivity index (χ2n) is 6.21. The minimum Gasteiger partial charge on any atom is -0.415 e. The highest BCUT2D eigenvalue weighted by Crippen LogP contribution is 2.29. The molecule has 2 aliphatic heterocycles. The van der Waals surface area contributed by atoms with Gasteiger partial charge in [-0.2, -0.15) is 0 Å². The molecule has 2 saturated heterocycles. The molecular weight excluding hydrogens is 461 g/mol. The molecule has 16 heteroatoms. The van der Waals surface area contributed by atoms with Crippen LogP contribution in [0.15, 0.2) is 0 Å². The Kier molecular flexibility index (Phi) is 8.42. The van der Waals surface area contributed by atoms with E-state index in [1.165, 1.54) is 0 Å². The van der Waals surface area contributed by atoms with Gasteiger partial charge in [0.2, 0.25) is 0 Å². The molecule has 0 spiro atoms. The fourth-order valence-electron chi connectivity index (χ4n) is 2.92. The summed E-state index contributed by atoms with van der Waals surface area (Å²) in [5, 5.41) is 0.